The van der Waals surface area contributed by atoms with Crippen LogP contribution in [-0.4, -0.2) is 47.4 Å². The zero-order chi connectivity index (χ0) is 18.3. The Labute approximate surface area is 151 Å². The van der Waals surface area contributed by atoms with Crippen LogP contribution < -0.4 is 5.32 Å². The van der Waals surface area contributed by atoms with Crippen molar-refractivity contribution >= 4 is 17.6 Å². The van der Waals surface area contributed by atoms with Gasteiger partial charge in [0.15, 0.2) is 0 Å². The van der Waals surface area contributed by atoms with Gasteiger partial charge in [0.25, 0.3) is 0 Å². The Bertz CT molecular complexity index is 737. The number of benzene rings is 1. The summed E-state index contributed by atoms with van der Waals surface area (Å²) in [6, 6.07) is 3.13. The van der Waals surface area contributed by atoms with Crippen LogP contribution in [0.25, 0.3) is 0 Å². The summed E-state index contributed by atoms with van der Waals surface area (Å²) in [7, 11) is 0. The normalized spacial score (nSPS) is 26.3. The Morgan fingerprint density at radius 3 is 2.73 bits per heavy atom. The molecule has 3 amide bonds. The third-order valence-corrected chi connectivity index (χ3v) is 5.80. The minimum absolute atomic E-state index is 0.0190. The van der Waals surface area contributed by atoms with Crippen LogP contribution in [0.2, 0.25) is 0 Å². The topological polar surface area (TPSA) is 52.7 Å². The van der Waals surface area contributed by atoms with Crippen LogP contribution in [0.1, 0.15) is 38.5 Å². The lowest BCUT2D eigenvalue weighted by Gasteiger charge is -2.48. The lowest BCUT2D eigenvalue weighted by molar-refractivity contribution is -0.139. The first-order chi connectivity index (χ1) is 12.5. The first-order valence-electron chi connectivity index (χ1n) is 9.26. The number of carbonyl (C=O) groups excluding carboxylic acids is 2. The summed E-state index contributed by atoms with van der Waals surface area (Å²) in [5, 5.41) is 2.55. The third kappa shape index (κ3) is 3.39. The third-order valence-electron chi connectivity index (χ3n) is 5.80. The Hall–Kier alpha value is -2.18. The molecule has 140 valence electrons. The average molecular weight is 363 g/mol. The van der Waals surface area contributed by atoms with E-state index in [1.54, 1.807) is 4.90 Å². The number of piperidine rings is 2. The number of anilines is 1. The van der Waals surface area contributed by atoms with E-state index in [0.29, 0.717) is 32.1 Å². The Morgan fingerprint density at radius 1 is 1.19 bits per heavy atom. The number of hydrogen-bond acceptors (Lipinski definition) is 2. The molecule has 26 heavy (non-hydrogen) atoms. The van der Waals surface area contributed by atoms with E-state index >= 15 is 0 Å². The number of amides is 3. The van der Waals surface area contributed by atoms with E-state index in [0.717, 1.165) is 44.2 Å². The zero-order valence-corrected chi connectivity index (χ0v) is 14.6. The van der Waals surface area contributed by atoms with Gasteiger partial charge in [-0.2, -0.15) is 0 Å². The number of urea groups is 1. The van der Waals surface area contributed by atoms with E-state index in [-0.39, 0.29) is 23.0 Å². The Balaban J connectivity index is 1.44. The van der Waals surface area contributed by atoms with Gasteiger partial charge in [-0.15, -0.1) is 0 Å². The highest BCUT2D eigenvalue weighted by Gasteiger charge is 2.46. The summed E-state index contributed by atoms with van der Waals surface area (Å²) in [4.78, 5) is 28.5. The van der Waals surface area contributed by atoms with E-state index in [9.17, 15) is 18.4 Å². The van der Waals surface area contributed by atoms with E-state index in [1.165, 1.54) is 6.07 Å². The number of carbonyl (C=O) groups is 2. The van der Waals surface area contributed by atoms with Gasteiger partial charge in [-0.25, -0.2) is 13.6 Å². The van der Waals surface area contributed by atoms with Crippen LogP contribution in [0.3, 0.4) is 0 Å². The van der Waals surface area contributed by atoms with Crippen LogP contribution in [-0.2, 0) is 4.79 Å². The number of likely N-dealkylation sites (tertiary alicyclic amines) is 2. The van der Waals surface area contributed by atoms with Gasteiger partial charge in [-0.3, -0.25) is 4.79 Å². The lowest BCUT2D eigenvalue weighted by atomic mass is 9.73. The maximum absolute atomic E-state index is 13.8. The highest BCUT2D eigenvalue weighted by Crippen LogP contribution is 2.42. The smallest absolute Gasteiger partial charge is 0.321 e. The van der Waals surface area contributed by atoms with Crippen molar-refractivity contribution in [3.05, 3.63) is 29.8 Å². The van der Waals surface area contributed by atoms with Gasteiger partial charge in [0.2, 0.25) is 5.91 Å². The quantitative estimate of drug-likeness (QED) is 0.876. The van der Waals surface area contributed by atoms with Gasteiger partial charge >= 0.3 is 6.03 Å². The minimum atomic E-state index is -0.784. The fourth-order valence-electron chi connectivity index (χ4n) is 4.26. The first kappa shape index (κ1) is 17.2. The summed E-state index contributed by atoms with van der Waals surface area (Å²) in [5.74, 6) is -1.23. The molecule has 1 aromatic rings. The molecule has 0 aromatic heterocycles. The molecule has 0 bridgehead atoms. The second kappa shape index (κ2) is 6.52. The Kier molecular flexibility index (Phi) is 4.32. The van der Waals surface area contributed by atoms with Crippen molar-refractivity contribution in [1.29, 1.82) is 0 Å². The van der Waals surface area contributed by atoms with Gasteiger partial charge in [0.05, 0.1) is 5.69 Å². The van der Waals surface area contributed by atoms with Gasteiger partial charge in [0.1, 0.15) is 11.6 Å². The molecule has 7 heteroatoms. The highest BCUT2D eigenvalue weighted by atomic mass is 19.1. The van der Waals surface area contributed by atoms with Gasteiger partial charge in [-0.1, -0.05) is 0 Å². The van der Waals surface area contributed by atoms with Crippen molar-refractivity contribution in [2.45, 2.75) is 44.6 Å². The van der Waals surface area contributed by atoms with Crippen molar-refractivity contribution in [3.8, 4) is 0 Å². The molecule has 1 saturated carbocycles. The van der Waals surface area contributed by atoms with Crippen LogP contribution in [0.15, 0.2) is 18.2 Å². The number of nitrogens with zero attached hydrogens (tertiary/aromatic N) is 2. The minimum Gasteiger partial charge on any atom is -0.339 e. The van der Waals surface area contributed by atoms with Crippen molar-refractivity contribution < 1.29 is 18.4 Å². The van der Waals surface area contributed by atoms with Crippen molar-refractivity contribution in [1.82, 2.24) is 9.80 Å². The maximum Gasteiger partial charge on any atom is 0.321 e. The maximum atomic E-state index is 13.8. The van der Waals surface area contributed by atoms with E-state index in [4.69, 9.17) is 0 Å². The molecule has 1 atom stereocenters. The molecule has 1 aliphatic carbocycles. The molecule has 1 aromatic carbocycles. The second-order valence-electron chi connectivity index (χ2n) is 7.83. The number of hydrogen-bond donors (Lipinski definition) is 1. The monoisotopic (exact) mass is 363 g/mol. The SMILES string of the molecule is O=C(Nc1ccc(F)cc1F)N1CCC[C@@]2(CCC(=O)N(C3CC3)C2)C1. The molecular weight excluding hydrogens is 340 g/mol. The predicted molar refractivity (Wildman–Crippen MR) is 92.6 cm³/mol. The fraction of sp³-hybridized carbons (Fsp3) is 0.579. The molecule has 1 spiro atoms. The molecule has 2 saturated heterocycles. The zero-order valence-electron chi connectivity index (χ0n) is 14.6. The van der Waals surface area contributed by atoms with Crippen LogP contribution >= 0.6 is 0 Å². The number of nitrogens with one attached hydrogen (secondary N) is 1. The average Bonchev–Trinajstić information content (AvgIpc) is 3.45. The van der Waals surface area contributed by atoms with Crippen molar-refractivity contribution in [2.24, 2.45) is 5.41 Å². The molecule has 1 N–H and O–H groups in total. The summed E-state index contributed by atoms with van der Waals surface area (Å²) < 4.78 is 26.8. The van der Waals surface area contributed by atoms with E-state index in [1.807, 2.05) is 4.90 Å². The predicted octanol–water partition coefficient (Wildman–Crippen LogP) is 3.36. The second-order valence-corrected chi connectivity index (χ2v) is 7.83. The summed E-state index contributed by atoms with van der Waals surface area (Å²) in [5.41, 5.74) is -0.0811. The van der Waals surface area contributed by atoms with Crippen LogP contribution in [0.5, 0.6) is 0 Å². The molecule has 0 radical (unpaired) electrons. The van der Waals surface area contributed by atoms with Crippen molar-refractivity contribution in [2.75, 3.05) is 25.0 Å². The molecule has 5 nitrogen and oxygen atoms in total. The molecule has 4 rings (SSSR count). The fourth-order valence-corrected chi connectivity index (χ4v) is 4.26. The molecule has 0 unspecified atom stereocenters. The Morgan fingerprint density at radius 2 is 2.00 bits per heavy atom. The molecular formula is C19H23F2N3O2. The molecule has 3 fully saturated rings. The summed E-state index contributed by atoms with van der Waals surface area (Å²) >= 11 is 0. The molecule has 3 aliphatic rings. The van der Waals surface area contributed by atoms with Gasteiger partial charge in [0, 0.05) is 43.6 Å². The number of rotatable bonds is 2. The van der Waals surface area contributed by atoms with E-state index in [2.05, 4.69) is 5.32 Å². The molecule has 2 heterocycles. The highest BCUT2D eigenvalue weighted by molar-refractivity contribution is 5.89. The largest absolute Gasteiger partial charge is 0.339 e. The van der Waals surface area contributed by atoms with Gasteiger partial charge < -0.3 is 15.1 Å². The lowest BCUT2D eigenvalue weighted by Crippen LogP contribution is -2.56. The van der Waals surface area contributed by atoms with E-state index < -0.39 is 11.6 Å². The van der Waals surface area contributed by atoms with Gasteiger partial charge in [-0.05, 0) is 44.2 Å². The summed E-state index contributed by atoms with van der Waals surface area (Å²) in [6.45, 7) is 1.89. The van der Waals surface area contributed by atoms with Crippen molar-refractivity contribution in [3.63, 3.8) is 0 Å². The van der Waals surface area contributed by atoms with Crippen LogP contribution in [0, 0.1) is 17.0 Å². The van der Waals surface area contributed by atoms with Crippen LogP contribution in [0.4, 0.5) is 19.3 Å². The first-order valence-corrected chi connectivity index (χ1v) is 9.26. The number of halogens is 2. The standard InChI is InChI=1S/C19H23F2N3O2/c20-13-2-5-16(15(21)10-13)22-18(26)23-9-1-7-19(11-23)8-6-17(25)24(12-19)14-3-4-14/h2,5,10,14H,1,3-4,6-9,11-12H2,(H,22,26)/t19-/m1/s1. The summed E-state index contributed by atoms with van der Waals surface area (Å²) in [6.07, 6.45) is 5.36. The molecule has 2 aliphatic heterocycles.